The van der Waals surface area contributed by atoms with E-state index < -0.39 is 17.8 Å². The Labute approximate surface area is 140 Å². The molecule has 1 heterocycles. The van der Waals surface area contributed by atoms with Crippen molar-refractivity contribution >= 4 is 44.2 Å². The Morgan fingerprint density at radius 2 is 2.13 bits per heavy atom. The molecule has 0 spiro atoms. The summed E-state index contributed by atoms with van der Waals surface area (Å²) in [7, 11) is 0. The summed E-state index contributed by atoms with van der Waals surface area (Å²) >= 11 is 7.23. The summed E-state index contributed by atoms with van der Waals surface area (Å²) in [6.45, 7) is 1.55. The first kappa shape index (κ1) is 15.7. The lowest BCUT2D eigenvalue weighted by atomic mass is 10.3. The Morgan fingerprint density at radius 1 is 1.35 bits per heavy atom. The van der Waals surface area contributed by atoms with E-state index in [1.165, 1.54) is 23.5 Å². The summed E-state index contributed by atoms with van der Waals surface area (Å²) in [5, 5.41) is 3.72. The first-order chi connectivity index (χ1) is 11.0. The van der Waals surface area contributed by atoms with E-state index in [0.29, 0.717) is 10.2 Å². The van der Waals surface area contributed by atoms with E-state index in [9.17, 15) is 9.18 Å². The summed E-state index contributed by atoms with van der Waals surface area (Å²) in [5.41, 5.74) is 0.748. The number of rotatable bonds is 4. The molecule has 118 valence electrons. The molecule has 7 heteroatoms. The van der Waals surface area contributed by atoms with Crippen LogP contribution < -0.4 is 10.1 Å². The zero-order valence-electron chi connectivity index (χ0n) is 12.0. The zero-order valence-corrected chi connectivity index (χ0v) is 13.6. The number of thiazole rings is 1. The van der Waals surface area contributed by atoms with Crippen molar-refractivity contribution in [1.29, 1.82) is 0 Å². The number of carbonyl (C=O) groups excluding carboxylic acids is 1. The summed E-state index contributed by atoms with van der Waals surface area (Å²) in [4.78, 5) is 16.5. The molecule has 0 aliphatic heterocycles. The lowest BCUT2D eigenvalue weighted by Gasteiger charge is -2.13. The minimum atomic E-state index is -0.859. The molecular formula is C16H12ClFN2O2S. The summed E-state index contributed by atoms with van der Waals surface area (Å²) in [6.07, 6.45) is -0.859. The molecule has 0 aliphatic carbocycles. The number of aromatic nitrogens is 1. The molecule has 1 N–H and O–H groups in total. The Balaban J connectivity index is 1.71. The molecule has 0 fully saturated rings. The monoisotopic (exact) mass is 350 g/mol. The summed E-state index contributed by atoms with van der Waals surface area (Å²) in [6, 6.07) is 11.2. The minimum absolute atomic E-state index is 0.0335. The van der Waals surface area contributed by atoms with Crippen molar-refractivity contribution < 1.29 is 13.9 Å². The topological polar surface area (TPSA) is 51.2 Å². The normalized spacial score (nSPS) is 12.1. The first-order valence-electron chi connectivity index (χ1n) is 6.81. The second-order valence-corrected chi connectivity index (χ2v) is 6.28. The fraction of sp³-hybridized carbons (Fsp3) is 0.125. The molecule has 0 aliphatic rings. The number of halogens is 2. The number of carbonyl (C=O) groups is 1. The predicted molar refractivity (Wildman–Crippen MR) is 89.7 cm³/mol. The maximum absolute atomic E-state index is 13.5. The molecular weight excluding hydrogens is 339 g/mol. The van der Waals surface area contributed by atoms with E-state index in [-0.39, 0.29) is 5.75 Å². The second-order valence-electron chi connectivity index (χ2n) is 4.81. The molecule has 0 saturated carbocycles. The van der Waals surface area contributed by atoms with Gasteiger partial charge in [0.25, 0.3) is 5.91 Å². The Bertz CT molecular complexity index is 868. The van der Waals surface area contributed by atoms with Gasteiger partial charge in [-0.25, -0.2) is 9.37 Å². The van der Waals surface area contributed by atoms with Crippen LogP contribution in [-0.4, -0.2) is 17.0 Å². The van der Waals surface area contributed by atoms with E-state index in [0.717, 1.165) is 10.2 Å². The number of para-hydroxylation sites is 1. The van der Waals surface area contributed by atoms with Crippen molar-refractivity contribution in [3.8, 4) is 5.75 Å². The van der Waals surface area contributed by atoms with Crippen LogP contribution in [0.4, 0.5) is 9.52 Å². The molecule has 0 saturated heterocycles. The van der Waals surface area contributed by atoms with Gasteiger partial charge in [0.2, 0.25) is 0 Å². The van der Waals surface area contributed by atoms with Crippen LogP contribution in [0.15, 0.2) is 42.5 Å². The highest BCUT2D eigenvalue weighted by Crippen LogP contribution is 2.28. The lowest BCUT2D eigenvalue weighted by molar-refractivity contribution is -0.122. The van der Waals surface area contributed by atoms with Crippen LogP contribution in [0.25, 0.3) is 10.2 Å². The average Bonchev–Trinajstić information content (AvgIpc) is 2.90. The summed E-state index contributed by atoms with van der Waals surface area (Å²) < 4.78 is 19.7. The van der Waals surface area contributed by atoms with E-state index >= 15 is 0 Å². The number of anilines is 1. The van der Waals surface area contributed by atoms with Gasteiger partial charge in [-0.15, -0.1) is 0 Å². The second kappa shape index (κ2) is 6.52. The maximum atomic E-state index is 13.5. The minimum Gasteiger partial charge on any atom is -0.478 e. The van der Waals surface area contributed by atoms with Crippen LogP contribution in [0.2, 0.25) is 5.02 Å². The average molecular weight is 351 g/mol. The quantitative estimate of drug-likeness (QED) is 0.754. The standard InChI is InChI=1S/C16H12ClFN2O2S/c1-9(22-13-5-3-2-4-11(13)18)15(21)20-16-19-12-7-6-10(17)8-14(12)23-16/h2-9H,1H3,(H,19,20,21)/t9-/m1/s1. The third-order valence-electron chi connectivity index (χ3n) is 3.09. The van der Waals surface area contributed by atoms with Gasteiger partial charge in [0.15, 0.2) is 22.8 Å². The lowest BCUT2D eigenvalue weighted by Crippen LogP contribution is -2.30. The number of hydrogen-bond acceptors (Lipinski definition) is 4. The third kappa shape index (κ3) is 3.60. The van der Waals surface area contributed by atoms with Crippen molar-refractivity contribution in [2.75, 3.05) is 5.32 Å². The van der Waals surface area contributed by atoms with Crippen molar-refractivity contribution in [2.45, 2.75) is 13.0 Å². The van der Waals surface area contributed by atoms with Crippen molar-refractivity contribution in [3.05, 3.63) is 53.3 Å². The van der Waals surface area contributed by atoms with Gasteiger partial charge in [-0.3, -0.25) is 10.1 Å². The number of fused-ring (bicyclic) bond motifs is 1. The Kier molecular flexibility index (Phi) is 4.45. The van der Waals surface area contributed by atoms with E-state index in [2.05, 4.69) is 10.3 Å². The van der Waals surface area contributed by atoms with E-state index in [1.54, 1.807) is 37.3 Å². The van der Waals surface area contributed by atoms with Gasteiger partial charge in [0.05, 0.1) is 10.2 Å². The van der Waals surface area contributed by atoms with Crippen LogP contribution in [-0.2, 0) is 4.79 Å². The summed E-state index contributed by atoms with van der Waals surface area (Å²) in [5.74, 6) is -0.883. The fourth-order valence-electron chi connectivity index (χ4n) is 1.94. The first-order valence-corrected chi connectivity index (χ1v) is 8.00. The van der Waals surface area contributed by atoms with Crippen molar-refractivity contribution in [1.82, 2.24) is 4.98 Å². The molecule has 23 heavy (non-hydrogen) atoms. The smallest absolute Gasteiger partial charge is 0.266 e. The molecule has 0 bridgehead atoms. The van der Waals surface area contributed by atoms with Gasteiger partial charge in [-0.05, 0) is 37.3 Å². The molecule has 0 radical (unpaired) electrons. The van der Waals surface area contributed by atoms with E-state index in [1.807, 2.05) is 0 Å². The number of hydrogen-bond donors (Lipinski definition) is 1. The molecule has 1 aromatic heterocycles. The molecule has 1 amide bonds. The SMILES string of the molecule is C[C@@H](Oc1ccccc1F)C(=O)Nc1nc2ccc(Cl)cc2s1. The molecule has 3 rings (SSSR count). The maximum Gasteiger partial charge on any atom is 0.266 e. The van der Waals surface area contributed by atoms with Crippen LogP contribution >= 0.6 is 22.9 Å². The number of amides is 1. The van der Waals surface area contributed by atoms with Crippen LogP contribution in [0.3, 0.4) is 0 Å². The molecule has 1 atom stereocenters. The highest BCUT2D eigenvalue weighted by atomic mass is 35.5. The Morgan fingerprint density at radius 3 is 2.91 bits per heavy atom. The van der Waals surface area contributed by atoms with Gasteiger partial charge >= 0.3 is 0 Å². The molecule has 3 aromatic rings. The Hall–Kier alpha value is -2.18. The van der Waals surface area contributed by atoms with Crippen LogP contribution in [0, 0.1) is 5.82 Å². The van der Waals surface area contributed by atoms with Gasteiger partial charge in [0.1, 0.15) is 0 Å². The molecule has 0 unspecified atom stereocenters. The number of nitrogens with zero attached hydrogens (tertiary/aromatic N) is 1. The van der Waals surface area contributed by atoms with Gasteiger partial charge in [-0.2, -0.15) is 0 Å². The number of benzene rings is 2. The van der Waals surface area contributed by atoms with Crippen LogP contribution in [0.1, 0.15) is 6.92 Å². The zero-order chi connectivity index (χ0) is 16.4. The van der Waals surface area contributed by atoms with E-state index in [4.69, 9.17) is 16.3 Å². The highest BCUT2D eigenvalue weighted by molar-refractivity contribution is 7.22. The highest BCUT2D eigenvalue weighted by Gasteiger charge is 2.18. The number of ether oxygens (including phenoxy) is 1. The van der Waals surface area contributed by atoms with Gasteiger partial charge in [0, 0.05) is 5.02 Å². The van der Waals surface area contributed by atoms with Crippen LogP contribution in [0.5, 0.6) is 5.75 Å². The van der Waals surface area contributed by atoms with Gasteiger partial charge in [-0.1, -0.05) is 35.1 Å². The predicted octanol–water partition coefficient (Wildman–Crippen LogP) is 4.49. The fourth-order valence-corrected chi connectivity index (χ4v) is 3.09. The molecule has 4 nitrogen and oxygen atoms in total. The molecule has 2 aromatic carbocycles. The largest absolute Gasteiger partial charge is 0.478 e. The van der Waals surface area contributed by atoms with Crippen molar-refractivity contribution in [2.24, 2.45) is 0 Å². The third-order valence-corrected chi connectivity index (χ3v) is 4.26. The van der Waals surface area contributed by atoms with Gasteiger partial charge < -0.3 is 4.74 Å². The van der Waals surface area contributed by atoms with Crippen molar-refractivity contribution in [3.63, 3.8) is 0 Å². The number of nitrogens with one attached hydrogen (secondary N) is 1.